The van der Waals surface area contributed by atoms with Crippen molar-refractivity contribution in [3.63, 3.8) is 0 Å². The zero-order chi connectivity index (χ0) is 16.3. The fourth-order valence-electron chi connectivity index (χ4n) is 1.97. The van der Waals surface area contributed by atoms with Crippen molar-refractivity contribution in [3.8, 4) is 0 Å². The van der Waals surface area contributed by atoms with Gasteiger partial charge in [-0.15, -0.1) is 11.3 Å². The summed E-state index contributed by atoms with van der Waals surface area (Å²) in [5.74, 6) is -1.78. The standard InChI is InChI=1S/C16H18N2O3S/c1-9-4-5-10(2)13(6-9)18-15(21)11(3)16-17-12(8-22-16)7-14(19)20/h4-6,8,11H,7H2,1-3H3,(H,18,21)(H,19,20)/p-1/t11-/m1/s1. The molecule has 0 bridgehead atoms. The number of benzene rings is 1. The summed E-state index contributed by atoms with van der Waals surface area (Å²) < 4.78 is 0. The molecule has 1 aromatic heterocycles. The second kappa shape index (κ2) is 6.70. The smallest absolute Gasteiger partial charge is 0.234 e. The number of thiazole rings is 1. The van der Waals surface area contributed by atoms with Gasteiger partial charge in [-0.2, -0.15) is 0 Å². The van der Waals surface area contributed by atoms with Gasteiger partial charge in [0.2, 0.25) is 5.91 Å². The highest BCUT2D eigenvalue weighted by Crippen LogP contribution is 2.23. The highest BCUT2D eigenvalue weighted by molar-refractivity contribution is 7.09. The Morgan fingerprint density at radius 3 is 2.77 bits per heavy atom. The van der Waals surface area contributed by atoms with Crippen LogP contribution >= 0.6 is 11.3 Å². The number of aromatic nitrogens is 1. The van der Waals surface area contributed by atoms with Crippen LogP contribution < -0.4 is 10.4 Å². The Hall–Kier alpha value is -2.21. The number of anilines is 1. The minimum Gasteiger partial charge on any atom is -0.550 e. The zero-order valence-corrected chi connectivity index (χ0v) is 13.5. The van der Waals surface area contributed by atoms with Gasteiger partial charge in [0.1, 0.15) is 5.01 Å². The van der Waals surface area contributed by atoms with Gasteiger partial charge >= 0.3 is 0 Å². The predicted molar refractivity (Wildman–Crippen MR) is 83.8 cm³/mol. The molecule has 6 heteroatoms. The van der Waals surface area contributed by atoms with Crippen LogP contribution in [-0.2, 0) is 16.0 Å². The Bertz CT molecular complexity index is 709. The van der Waals surface area contributed by atoms with E-state index in [9.17, 15) is 14.7 Å². The van der Waals surface area contributed by atoms with E-state index < -0.39 is 11.9 Å². The van der Waals surface area contributed by atoms with Gasteiger partial charge in [0, 0.05) is 23.5 Å². The fraction of sp³-hybridized carbons (Fsp3) is 0.312. The topological polar surface area (TPSA) is 82.1 Å². The Labute approximate surface area is 133 Å². The molecular weight excluding hydrogens is 300 g/mol. The summed E-state index contributed by atoms with van der Waals surface area (Å²) in [6, 6.07) is 5.86. The number of aryl methyl sites for hydroxylation is 2. The molecule has 0 spiro atoms. The van der Waals surface area contributed by atoms with Crippen LogP contribution in [0.2, 0.25) is 0 Å². The molecule has 1 heterocycles. The second-order valence-electron chi connectivity index (χ2n) is 5.26. The summed E-state index contributed by atoms with van der Waals surface area (Å²) in [4.78, 5) is 27.1. The lowest BCUT2D eigenvalue weighted by Crippen LogP contribution is -2.24. The van der Waals surface area contributed by atoms with Crippen LogP contribution in [0.4, 0.5) is 5.69 Å². The van der Waals surface area contributed by atoms with Gasteiger partial charge in [0.15, 0.2) is 0 Å². The molecule has 116 valence electrons. The number of amides is 1. The highest BCUT2D eigenvalue weighted by atomic mass is 32.1. The number of nitrogens with zero attached hydrogens (tertiary/aromatic N) is 1. The number of carbonyl (C=O) groups is 2. The van der Waals surface area contributed by atoms with Crippen LogP contribution in [0.3, 0.4) is 0 Å². The summed E-state index contributed by atoms with van der Waals surface area (Å²) in [5, 5.41) is 15.7. The number of hydrogen-bond acceptors (Lipinski definition) is 5. The largest absolute Gasteiger partial charge is 0.550 e. The van der Waals surface area contributed by atoms with Gasteiger partial charge < -0.3 is 15.2 Å². The average Bonchev–Trinajstić information content (AvgIpc) is 2.89. The number of nitrogens with one attached hydrogen (secondary N) is 1. The van der Waals surface area contributed by atoms with E-state index in [-0.39, 0.29) is 12.3 Å². The van der Waals surface area contributed by atoms with Crippen molar-refractivity contribution in [2.24, 2.45) is 0 Å². The molecule has 0 saturated carbocycles. The number of carboxylic acid groups (broad SMARTS) is 1. The van der Waals surface area contributed by atoms with Crippen molar-refractivity contribution in [2.75, 3.05) is 5.32 Å². The van der Waals surface area contributed by atoms with Crippen molar-refractivity contribution < 1.29 is 14.7 Å². The summed E-state index contributed by atoms with van der Waals surface area (Å²) in [6.07, 6.45) is -0.234. The molecule has 0 aliphatic carbocycles. The van der Waals surface area contributed by atoms with Gasteiger partial charge in [0.05, 0.1) is 11.6 Å². The predicted octanol–water partition coefficient (Wildman–Crippen LogP) is 1.79. The highest BCUT2D eigenvalue weighted by Gasteiger charge is 2.19. The van der Waals surface area contributed by atoms with E-state index in [4.69, 9.17) is 0 Å². The van der Waals surface area contributed by atoms with Crippen LogP contribution in [0, 0.1) is 13.8 Å². The minimum atomic E-state index is -1.18. The van der Waals surface area contributed by atoms with Crippen LogP contribution in [0.15, 0.2) is 23.6 Å². The van der Waals surface area contributed by atoms with Crippen molar-refractivity contribution in [1.82, 2.24) is 4.98 Å². The van der Waals surface area contributed by atoms with Gasteiger partial charge in [-0.25, -0.2) is 4.98 Å². The molecule has 0 fully saturated rings. The summed E-state index contributed by atoms with van der Waals surface area (Å²) in [6.45, 7) is 5.65. The fourth-order valence-corrected chi connectivity index (χ4v) is 2.85. The molecule has 22 heavy (non-hydrogen) atoms. The van der Waals surface area contributed by atoms with E-state index in [2.05, 4.69) is 10.3 Å². The number of hydrogen-bond donors (Lipinski definition) is 1. The maximum atomic E-state index is 12.3. The molecular formula is C16H17N2O3S-. The van der Waals surface area contributed by atoms with Gasteiger partial charge in [-0.1, -0.05) is 12.1 Å². The molecule has 0 radical (unpaired) electrons. The van der Waals surface area contributed by atoms with Crippen LogP contribution in [-0.4, -0.2) is 16.9 Å². The maximum Gasteiger partial charge on any atom is 0.234 e. The molecule has 2 aromatic rings. The number of carboxylic acids is 1. The van der Waals surface area contributed by atoms with E-state index >= 15 is 0 Å². The first-order chi connectivity index (χ1) is 10.4. The number of carbonyl (C=O) groups excluding carboxylic acids is 2. The molecule has 1 N–H and O–H groups in total. The molecule has 0 aliphatic heterocycles. The number of aliphatic carboxylic acids is 1. The number of rotatable bonds is 5. The molecule has 2 rings (SSSR count). The van der Waals surface area contributed by atoms with E-state index in [0.717, 1.165) is 16.8 Å². The Morgan fingerprint density at radius 1 is 1.36 bits per heavy atom. The molecule has 5 nitrogen and oxygen atoms in total. The quantitative estimate of drug-likeness (QED) is 0.911. The molecule has 1 amide bonds. The van der Waals surface area contributed by atoms with E-state index in [1.165, 1.54) is 11.3 Å². The Balaban J connectivity index is 2.10. The van der Waals surface area contributed by atoms with Crippen molar-refractivity contribution >= 4 is 28.9 Å². The average molecular weight is 317 g/mol. The first-order valence-corrected chi connectivity index (χ1v) is 7.77. The van der Waals surface area contributed by atoms with Gasteiger partial charge in [0.25, 0.3) is 0 Å². The molecule has 0 saturated heterocycles. The molecule has 0 aliphatic rings. The van der Waals surface area contributed by atoms with E-state index in [1.807, 2.05) is 32.0 Å². The lowest BCUT2D eigenvalue weighted by Gasteiger charge is -2.12. The van der Waals surface area contributed by atoms with Crippen molar-refractivity contribution in [2.45, 2.75) is 33.1 Å². The third kappa shape index (κ3) is 3.92. The van der Waals surface area contributed by atoms with E-state index in [0.29, 0.717) is 10.7 Å². The maximum absolute atomic E-state index is 12.3. The normalized spacial score (nSPS) is 12.0. The Kier molecular flexibility index (Phi) is 4.92. The first-order valence-electron chi connectivity index (χ1n) is 6.89. The summed E-state index contributed by atoms with van der Waals surface area (Å²) >= 11 is 1.28. The van der Waals surface area contributed by atoms with Crippen molar-refractivity contribution in [1.29, 1.82) is 0 Å². The van der Waals surface area contributed by atoms with Crippen LogP contribution in [0.1, 0.15) is 34.7 Å². The second-order valence-corrected chi connectivity index (χ2v) is 6.14. The SMILES string of the molecule is Cc1ccc(C)c(NC(=O)[C@@H](C)c2nc(CC(=O)[O-])cs2)c1. The third-order valence-electron chi connectivity index (χ3n) is 3.31. The lowest BCUT2D eigenvalue weighted by atomic mass is 10.1. The van der Waals surface area contributed by atoms with Gasteiger partial charge in [-0.05, 0) is 38.0 Å². The third-order valence-corrected chi connectivity index (χ3v) is 4.39. The first kappa shape index (κ1) is 16.2. The monoisotopic (exact) mass is 317 g/mol. The molecule has 1 aromatic carbocycles. The van der Waals surface area contributed by atoms with E-state index in [1.54, 1.807) is 12.3 Å². The van der Waals surface area contributed by atoms with Crippen LogP contribution in [0.5, 0.6) is 0 Å². The molecule has 0 unspecified atom stereocenters. The minimum absolute atomic E-state index is 0.164. The molecule has 1 atom stereocenters. The van der Waals surface area contributed by atoms with Gasteiger partial charge in [-0.3, -0.25) is 4.79 Å². The zero-order valence-electron chi connectivity index (χ0n) is 12.7. The van der Waals surface area contributed by atoms with Crippen LogP contribution in [0.25, 0.3) is 0 Å². The van der Waals surface area contributed by atoms with Crippen molar-refractivity contribution in [3.05, 3.63) is 45.4 Å². The summed E-state index contributed by atoms with van der Waals surface area (Å²) in [7, 11) is 0. The Morgan fingerprint density at radius 2 is 2.09 bits per heavy atom. The lowest BCUT2D eigenvalue weighted by molar-refractivity contribution is -0.304. The summed E-state index contributed by atoms with van der Waals surface area (Å²) in [5.41, 5.74) is 3.26.